The SMILES string of the molecule is CN1C=C2C[C@@H]3[C@H](C[C@@H](CNC(=O)NCc4ccccc4)CN3C)C3C=CC=C1C23. The molecular weight excluding hydrogens is 372 g/mol. The number of likely N-dealkylation sites (tertiary alicyclic amines) is 1. The summed E-state index contributed by atoms with van der Waals surface area (Å²) in [5, 5.41) is 6.10. The van der Waals surface area contributed by atoms with Crippen LogP contribution in [0.25, 0.3) is 0 Å². The number of fused-ring (bicyclic) bond motifs is 2. The predicted octanol–water partition coefficient (Wildman–Crippen LogP) is 3.34. The lowest BCUT2D eigenvalue weighted by Crippen LogP contribution is -2.55. The van der Waals surface area contributed by atoms with Crippen molar-refractivity contribution in [2.24, 2.45) is 23.7 Å². The number of carbonyl (C=O) groups is 1. The molecule has 158 valence electrons. The van der Waals surface area contributed by atoms with Crippen LogP contribution >= 0.6 is 0 Å². The monoisotopic (exact) mass is 404 g/mol. The summed E-state index contributed by atoms with van der Waals surface area (Å²) >= 11 is 0. The average Bonchev–Trinajstić information content (AvgIpc) is 3.09. The van der Waals surface area contributed by atoms with Gasteiger partial charge in [0.1, 0.15) is 0 Å². The van der Waals surface area contributed by atoms with E-state index in [1.54, 1.807) is 5.57 Å². The highest BCUT2D eigenvalue weighted by Gasteiger charge is 2.49. The van der Waals surface area contributed by atoms with E-state index < -0.39 is 0 Å². The van der Waals surface area contributed by atoms with Crippen molar-refractivity contribution in [2.75, 3.05) is 27.2 Å². The van der Waals surface area contributed by atoms with Crippen LogP contribution in [-0.4, -0.2) is 49.1 Å². The van der Waals surface area contributed by atoms with E-state index in [2.05, 4.69) is 59.0 Å². The highest BCUT2D eigenvalue weighted by atomic mass is 16.2. The fourth-order valence-electron chi connectivity index (χ4n) is 6.12. The Hall–Kier alpha value is -2.53. The Morgan fingerprint density at radius 2 is 2.00 bits per heavy atom. The van der Waals surface area contributed by atoms with Crippen LogP contribution in [-0.2, 0) is 6.54 Å². The van der Waals surface area contributed by atoms with Crippen LogP contribution in [0.5, 0.6) is 0 Å². The van der Waals surface area contributed by atoms with Crippen molar-refractivity contribution < 1.29 is 4.79 Å². The zero-order valence-corrected chi connectivity index (χ0v) is 17.9. The molecule has 5 rings (SSSR count). The number of hydrogen-bond donors (Lipinski definition) is 2. The smallest absolute Gasteiger partial charge is 0.315 e. The Kier molecular flexibility index (Phi) is 5.15. The van der Waals surface area contributed by atoms with Crippen molar-refractivity contribution in [3.05, 3.63) is 71.6 Å². The van der Waals surface area contributed by atoms with Crippen molar-refractivity contribution in [1.29, 1.82) is 0 Å². The Labute approximate surface area is 179 Å². The maximum atomic E-state index is 12.3. The molecule has 0 spiro atoms. The van der Waals surface area contributed by atoms with Crippen LogP contribution in [0, 0.1) is 23.7 Å². The topological polar surface area (TPSA) is 47.6 Å². The summed E-state index contributed by atoms with van der Waals surface area (Å²) in [5.74, 6) is 2.29. The molecular formula is C25H32N4O. The summed E-state index contributed by atoms with van der Waals surface area (Å²) in [5.41, 5.74) is 4.18. The predicted molar refractivity (Wildman–Crippen MR) is 119 cm³/mol. The van der Waals surface area contributed by atoms with E-state index in [0.29, 0.717) is 36.3 Å². The molecule has 0 radical (unpaired) electrons. The Morgan fingerprint density at radius 3 is 2.83 bits per heavy atom. The van der Waals surface area contributed by atoms with Crippen LogP contribution in [0.1, 0.15) is 18.4 Å². The van der Waals surface area contributed by atoms with Gasteiger partial charge in [0.2, 0.25) is 0 Å². The van der Waals surface area contributed by atoms with Crippen molar-refractivity contribution in [3.8, 4) is 0 Å². The third kappa shape index (κ3) is 3.56. The summed E-state index contributed by atoms with van der Waals surface area (Å²) in [7, 11) is 4.45. The number of carbonyl (C=O) groups excluding carboxylic acids is 1. The molecule has 5 nitrogen and oxygen atoms in total. The number of hydrogen-bond acceptors (Lipinski definition) is 3. The maximum absolute atomic E-state index is 12.3. The minimum absolute atomic E-state index is 0.0716. The second kappa shape index (κ2) is 7.95. The van der Waals surface area contributed by atoms with Crippen molar-refractivity contribution >= 4 is 6.03 Å². The molecule has 4 aliphatic rings. The van der Waals surface area contributed by atoms with Gasteiger partial charge >= 0.3 is 6.03 Å². The number of benzene rings is 1. The van der Waals surface area contributed by atoms with Gasteiger partial charge in [-0.1, -0.05) is 42.5 Å². The third-order valence-electron chi connectivity index (χ3n) is 7.47. The summed E-state index contributed by atoms with van der Waals surface area (Å²) in [6, 6.07) is 10.6. The lowest BCUT2D eigenvalue weighted by Gasteiger charge is -2.51. The molecule has 1 aromatic rings. The van der Waals surface area contributed by atoms with Gasteiger partial charge in [-0.3, -0.25) is 0 Å². The minimum Gasteiger partial charge on any atom is -0.354 e. The summed E-state index contributed by atoms with van der Waals surface area (Å²) in [6.45, 7) is 2.35. The van der Waals surface area contributed by atoms with Crippen molar-refractivity contribution in [1.82, 2.24) is 20.4 Å². The van der Waals surface area contributed by atoms with Gasteiger partial charge in [0.25, 0.3) is 0 Å². The fourth-order valence-corrected chi connectivity index (χ4v) is 6.12. The normalized spacial score (nSPS) is 32.1. The Bertz CT molecular complexity index is 890. The molecule has 0 aromatic heterocycles. The largest absolute Gasteiger partial charge is 0.354 e. The van der Waals surface area contributed by atoms with E-state index in [9.17, 15) is 4.79 Å². The zero-order chi connectivity index (χ0) is 20.7. The number of rotatable bonds is 4. The summed E-state index contributed by atoms with van der Waals surface area (Å²) in [6.07, 6.45) is 11.7. The van der Waals surface area contributed by atoms with Gasteiger partial charge < -0.3 is 20.4 Å². The molecule has 2 aliphatic heterocycles. The first kappa shape index (κ1) is 19.4. The number of piperidine rings is 1. The molecule has 0 bridgehead atoms. The molecule has 1 saturated heterocycles. The fraction of sp³-hybridized carbons (Fsp3) is 0.480. The second-order valence-corrected chi connectivity index (χ2v) is 9.37. The first-order valence-electron chi connectivity index (χ1n) is 11.2. The zero-order valence-electron chi connectivity index (χ0n) is 17.9. The number of allylic oxidation sites excluding steroid dienone is 4. The van der Waals surface area contributed by atoms with Crippen LogP contribution in [0.15, 0.2) is 66.0 Å². The van der Waals surface area contributed by atoms with Crippen LogP contribution in [0.4, 0.5) is 4.79 Å². The summed E-state index contributed by atoms with van der Waals surface area (Å²) < 4.78 is 0. The highest BCUT2D eigenvalue weighted by molar-refractivity contribution is 5.73. The highest BCUT2D eigenvalue weighted by Crippen LogP contribution is 2.52. The van der Waals surface area contributed by atoms with Gasteiger partial charge in [-0.15, -0.1) is 0 Å². The molecule has 2 heterocycles. The van der Waals surface area contributed by atoms with Gasteiger partial charge in [0.15, 0.2) is 0 Å². The minimum atomic E-state index is -0.0716. The van der Waals surface area contributed by atoms with E-state index >= 15 is 0 Å². The van der Waals surface area contributed by atoms with Gasteiger partial charge in [0.05, 0.1) is 0 Å². The van der Waals surface area contributed by atoms with Gasteiger partial charge in [-0.25, -0.2) is 4.79 Å². The first-order valence-corrected chi connectivity index (χ1v) is 11.2. The second-order valence-electron chi connectivity index (χ2n) is 9.37. The maximum Gasteiger partial charge on any atom is 0.315 e. The lowest BCUT2D eigenvalue weighted by molar-refractivity contribution is 0.0308. The standard InChI is InChI=1S/C25H32N4O/c1-28-15-18(14-27-25(30)26-13-17-7-4-3-5-8-17)11-21-20-9-6-10-22-24(20)19(12-23(21)28)16-29(22)2/h3-10,16,18,20-21,23-24H,11-15H2,1-2H3,(H2,26,27,30)/t18-,20?,21+,23+,24?/m0/s1. The average molecular weight is 405 g/mol. The van der Waals surface area contributed by atoms with Crippen LogP contribution < -0.4 is 10.6 Å². The molecule has 2 N–H and O–H groups in total. The third-order valence-corrected chi connectivity index (χ3v) is 7.47. The molecule has 30 heavy (non-hydrogen) atoms. The molecule has 1 aromatic carbocycles. The first-order chi connectivity index (χ1) is 14.6. The summed E-state index contributed by atoms with van der Waals surface area (Å²) in [4.78, 5) is 17.2. The van der Waals surface area contributed by atoms with E-state index in [1.165, 1.54) is 18.5 Å². The number of nitrogens with one attached hydrogen (secondary N) is 2. The Balaban J connectivity index is 1.19. The van der Waals surface area contributed by atoms with Gasteiger partial charge in [0, 0.05) is 50.5 Å². The molecule has 2 amide bonds. The molecule has 2 fully saturated rings. The van der Waals surface area contributed by atoms with E-state index in [0.717, 1.165) is 18.7 Å². The Morgan fingerprint density at radius 1 is 1.17 bits per heavy atom. The van der Waals surface area contributed by atoms with E-state index in [1.807, 2.05) is 30.3 Å². The van der Waals surface area contributed by atoms with Crippen molar-refractivity contribution in [2.45, 2.75) is 25.4 Å². The van der Waals surface area contributed by atoms with E-state index in [4.69, 9.17) is 0 Å². The quantitative estimate of drug-likeness (QED) is 0.809. The number of urea groups is 1. The molecule has 5 heteroatoms. The van der Waals surface area contributed by atoms with Gasteiger partial charge in [-0.2, -0.15) is 0 Å². The number of nitrogens with zero attached hydrogens (tertiary/aromatic N) is 2. The van der Waals surface area contributed by atoms with Crippen molar-refractivity contribution in [3.63, 3.8) is 0 Å². The number of amides is 2. The van der Waals surface area contributed by atoms with Gasteiger partial charge in [-0.05, 0) is 54.9 Å². The molecule has 2 aliphatic carbocycles. The van der Waals surface area contributed by atoms with E-state index in [-0.39, 0.29) is 6.03 Å². The van der Waals surface area contributed by atoms with Crippen LogP contribution in [0.3, 0.4) is 0 Å². The van der Waals surface area contributed by atoms with Crippen LogP contribution in [0.2, 0.25) is 0 Å². The molecule has 1 saturated carbocycles. The lowest BCUT2D eigenvalue weighted by atomic mass is 9.61. The molecule has 2 unspecified atom stereocenters. The molecule has 5 atom stereocenters.